The average Bonchev–Trinajstić information content (AvgIpc) is 2.98. The van der Waals surface area contributed by atoms with Crippen LogP contribution in [0.3, 0.4) is 0 Å². The van der Waals surface area contributed by atoms with Crippen molar-refractivity contribution in [2.75, 3.05) is 18.1 Å². The SMILES string of the molecule is CC1CCN(c2ccn([C@@H]3O[C@H](CO)[C@@H](O)C3(F)F)c(=O)n2)C1=O. The van der Waals surface area contributed by atoms with E-state index < -0.39 is 36.7 Å². The minimum atomic E-state index is -3.77. The molecule has 1 aromatic heterocycles. The molecule has 2 saturated heterocycles. The molecular formula is C14H17F2N3O5. The van der Waals surface area contributed by atoms with Crippen LogP contribution in [0, 0.1) is 5.92 Å². The third kappa shape index (κ3) is 2.50. The van der Waals surface area contributed by atoms with Crippen LogP contribution in [0.4, 0.5) is 14.6 Å². The number of aromatic nitrogens is 2. The van der Waals surface area contributed by atoms with Crippen molar-refractivity contribution in [3.8, 4) is 0 Å². The lowest BCUT2D eigenvalue weighted by Crippen LogP contribution is -2.42. The Hall–Kier alpha value is -1.91. The van der Waals surface area contributed by atoms with E-state index in [2.05, 4.69) is 4.98 Å². The van der Waals surface area contributed by atoms with E-state index >= 15 is 0 Å². The third-order valence-corrected chi connectivity index (χ3v) is 4.38. The minimum absolute atomic E-state index is 0.0890. The summed E-state index contributed by atoms with van der Waals surface area (Å²) in [6.45, 7) is 1.35. The number of hydrogen-bond acceptors (Lipinski definition) is 6. The number of alkyl halides is 2. The number of rotatable bonds is 3. The van der Waals surface area contributed by atoms with Crippen LogP contribution < -0.4 is 10.6 Å². The summed E-state index contributed by atoms with van der Waals surface area (Å²) in [5, 5.41) is 18.5. The van der Waals surface area contributed by atoms with Gasteiger partial charge in [0.2, 0.25) is 12.1 Å². The number of amides is 1. The lowest BCUT2D eigenvalue weighted by atomic mass is 10.1. The van der Waals surface area contributed by atoms with Gasteiger partial charge in [0.05, 0.1) is 6.61 Å². The topological polar surface area (TPSA) is 105 Å². The lowest BCUT2D eigenvalue weighted by molar-refractivity contribution is -0.141. The van der Waals surface area contributed by atoms with Gasteiger partial charge in [0.1, 0.15) is 11.9 Å². The molecule has 0 aromatic carbocycles. The molecule has 1 unspecified atom stereocenters. The van der Waals surface area contributed by atoms with Gasteiger partial charge in [0, 0.05) is 18.7 Å². The Morgan fingerprint density at radius 1 is 1.46 bits per heavy atom. The molecule has 132 valence electrons. The van der Waals surface area contributed by atoms with Gasteiger partial charge in [-0.05, 0) is 12.5 Å². The number of ether oxygens (including phenoxy) is 1. The Kier molecular flexibility index (Phi) is 4.14. The Balaban J connectivity index is 1.91. The van der Waals surface area contributed by atoms with Crippen molar-refractivity contribution >= 4 is 11.7 Å². The molecule has 0 bridgehead atoms. The number of aliphatic hydroxyl groups excluding tert-OH is 2. The van der Waals surface area contributed by atoms with Crippen LogP contribution in [0.1, 0.15) is 19.6 Å². The van der Waals surface area contributed by atoms with Crippen molar-refractivity contribution < 1.29 is 28.5 Å². The summed E-state index contributed by atoms with van der Waals surface area (Å²) >= 11 is 0. The summed E-state index contributed by atoms with van der Waals surface area (Å²) in [6, 6.07) is 1.27. The van der Waals surface area contributed by atoms with Crippen molar-refractivity contribution in [3.63, 3.8) is 0 Å². The zero-order valence-electron chi connectivity index (χ0n) is 12.8. The quantitative estimate of drug-likeness (QED) is 0.765. The first-order valence-corrected chi connectivity index (χ1v) is 7.50. The monoisotopic (exact) mass is 345 g/mol. The van der Waals surface area contributed by atoms with Crippen molar-refractivity contribution in [1.82, 2.24) is 9.55 Å². The molecule has 1 aromatic rings. The molecule has 2 aliphatic heterocycles. The summed E-state index contributed by atoms with van der Waals surface area (Å²) in [6.07, 6.45) is -4.14. The predicted molar refractivity (Wildman–Crippen MR) is 76.6 cm³/mol. The summed E-state index contributed by atoms with van der Waals surface area (Å²) in [5.41, 5.74) is -1.03. The van der Waals surface area contributed by atoms with Crippen LogP contribution in [0.25, 0.3) is 0 Å². The van der Waals surface area contributed by atoms with Gasteiger partial charge < -0.3 is 14.9 Å². The van der Waals surface area contributed by atoms with Crippen LogP contribution in [0.2, 0.25) is 0 Å². The Morgan fingerprint density at radius 2 is 2.17 bits per heavy atom. The van der Waals surface area contributed by atoms with E-state index in [0.29, 0.717) is 17.5 Å². The van der Waals surface area contributed by atoms with E-state index in [4.69, 9.17) is 9.84 Å². The van der Waals surface area contributed by atoms with Crippen LogP contribution in [-0.2, 0) is 9.53 Å². The number of halogens is 2. The number of aliphatic hydroxyl groups is 2. The predicted octanol–water partition coefficient (Wildman–Crippen LogP) is -0.498. The van der Waals surface area contributed by atoms with Gasteiger partial charge in [0.15, 0.2) is 6.10 Å². The summed E-state index contributed by atoms with van der Waals surface area (Å²) in [4.78, 5) is 29.1. The highest BCUT2D eigenvalue weighted by atomic mass is 19.3. The molecule has 2 N–H and O–H groups in total. The van der Waals surface area contributed by atoms with Crippen LogP contribution in [0.5, 0.6) is 0 Å². The number of carbonyl (C=O) groups excluding carboxylic acids is 1. The van der Waals surface area contributed by atoms with E-state index in [1.54, 1.807) is 6.92 Å². The van der Waals surface area contributed by atoms with Crippen molar-refractivity contribution in [3.05, 3.63) is 22.7 Å². The van der Waals surface area contributed by atoms with Gasteiger partial charge in [0.25, 0.3) is 0 Å². The summed E-state index contributed by atoms with van der Waals surface area (Å²) in [7, 11) is 0. The Bertz CT molecular complexity index is 710. The first-order valence-electron chi connectivity index (χ1n) is 7.50. The maximum absolute atomic E-state index is 14.1. The van der Waals surface area contributed by atoms with Crippen molar-refractivity contribution in [2.45, 2.75) is 37.7 Å². The molecule has 10 heteroatoms. The van der Waals surface area contributed by atoms with E-state index in [1.165, 1.54) is 11.0 Å². The van der Waals surface area contributed by atoms with Crippen LogP contribution in [-0.4, -0.2) is 57.0 Å². The molecule has 2 fully saturated rings. The smallest absolute Gasteiger partial charge is 0.351 e. The molecule has 4 atom stereocenters. The molecule has 0 spiro atoms. The molecule has 2 aliphatic rings. The third-order valence-electron chi connectivity index (χ3n) is 4.38. The van der Waals surface area contributed by atoms with Gasteiger partial charge >= 0.3 is 11.6 Å². The molecule has 1 amide bonds. The standard InChI is InChI=1S/C14H17F2N3O5/c1-7-2-4-18(11(7)22)9-3-5-19(13(23)17-9)12-14(15,16)10(21)8(6-20)24-12/h3,5,7-8,10,12,20-21H,2,4,6H2,1H3/t7?,8-,10-,12-/m1/s1. The Morgan fingerprint density at radius 3 is 2.67 bits per heavy atom. The zero-order valence-corrected chi connectivity index (χ0v) is 12.8. The van der Waals surface area contributed by atoms with E-state index in [1.807, 2.05) is 0 Å². The maximum atomic E-state index is 14.1. The largest absolute Gasteiger partial charge is 0.394 e. The fourth-order valence-corrected chi connectivity index (χ4v) is 2.90. The maximum Gasteiger partial charge on any atom is 0.351 e. The normalized spacial score (nSPS) is 32.5. The number of nitrogens with zero attached hydrogens (tertiary/aromatic N) is 3. The molecule has 8 nitrogen and oxygen atoms in total. The van der Waals surface area contributed by atoms with Gasteiger partial charge in [-0.25, -0.2) is 4.79 Å². The first kappa shape index (κ1) is 16.9. The number of hydrogen-bond donors (Lipinski definition) is 2. The number of carbonyl (C=O) groups is 1. The van der Waals surface area contributed by atoms with E-state index in [0.717, 1.165) is 6.20 Å². The number of anilines is 1. The van der Waals surface area contributed by atoms with Crippen LogP contribution in [0.15, 0.2) is 17.1 Å². The second kappa shape index (κ2) is 5.87. The highest BCUT2D eigenvalue weighted by Gasteiger charge is 2.59. The van der Waals surface area contributed by atoms with Crippen molar-refractivity contribution in [2.24, 2.45) is 5.92 Å². The van der Waals surface area contributed by atoms with Gasteiger partial charge in [-0.3, -0.25) is 14.3 Å². The Labute approximate surface area is 135 Å². The molecule has 3 rings (SSSR count). The molecule has 0 aliphatic carbocycles. The highest BCUT2D eigenvalue weighted by Crippen LogP contribution is 2.42. The van der Waals surface area contributed by atoms with E-state index in [9.17, 15) is 23.5 Å². The summed E-state index contributed by atoms with van der Waals surface area (Å²) in [5.74, 6) is -4.04. The lowest BCUT2D eigenvalue weighted by Gasteiger charge is -2.22. The molecule has 0 saturated carbocycles. The fraction of sp³-hybridized carbons (Fsp3) is 0.643. The molecule has 3 heterocycles. The minimum Gasteiger partial charge on any atom is -0.394 e. The summed E-state index contributed by atoms with van der Waals surface area (Å²) < 4.78 is 33.6. The van der Waals surface area contributed by atoms with Gasteiger partial charge in [-0.1, -0.05) is 6.92 Å². The average molecular weight is 345 g/mol. The van der Waals surface area contributed by atoms with Gasteiger partial charge in [-0.2, -0.15) is 13.8 Å². The first-order chi connectivity index (χ1) is 11.3. The molecular weight excluding hydrogens is 328 g/mol. The van der Waals surface area contributed by atoms with Crippen molar-refractivity contribution in [1.29, 1.82) is 0 Å². The second-order valence-corrected chi connectivity index (χ2v) is 5.98. The van der Waals surface area contributed by atoms with Crippen LogP contribution >= 0.6 is 0 Å². The zero-order chi connectivity index (χ0) is 17.6. The molecule has 0 radical (unpaired) electrons. The van der Waals surface area contributed by atoms with E-state index in [-0.39, 0.29) is 17.6 Å². The van der Waals surface area contributed by atoms with Gasteiger partial charge in [-0.15, -0.1) is 0 Å². The fourth-order valence-electron chi connectivity index (χ4n) is 2.90. The second-order valence-electron chi connectivity index (χ2n) is 5.98. The molecule has 24 heavy (non-hydrogen) atoms. The highest BCUT2D eigenvalue weighted by molar-refractivity contribution is 5.95.